The summed E-state index contributed by atoms with van der Waals surface area (Å²) in [6.45, 7) is 1.86. The molecule has 1 aromatic heterocycles. The lowest BCUT2D eigenvalue weighted by atomic mass is 10.1. The van der Waals surface area contributed by atoms with E-state index in [9.17, 15) is 13.6 Å². The lowest BCUT2D eigenvalue weighted by molar-refractivity contribution is -0.142. The van der Waals surface area contributed by atoms with Gasteiger partial charge in [0.15, 0.2) is 0 Å². The number of carbonyl (C=O) groups excluding carboxylic acids is 1. The van der Waals surface area contributed by atoms with E-state index >= 15 is 0 Å². The SMILES string of the molecule is CCOC(=O)Cc1c(C(F)F)cnc(Cl)c1I. The van der Waals surface area contributed by atoms with Gasteiger partial charge in [0.25, 0.3) is 6.43 Å². The number of carbonyl (C=O) groups is 1. The summed E-state index contributed by atoms with van der Waals surface area (Å²) in [5, 5.41) is 0.106. The van der Waals surface area contributed by atoms with Crippen molar-refractivity contribution >= 4 is 40.2 Å². The van der Waals surface area contributed by atoms with Crippen molar-refractivity contribution in [2.45, 2.75) is 19.8 Å². The highest BCUT2D eigenvalue weighted by Crippen LogP contribution is 2.29. The number of nitrogens with zero attached hydrogens (tertiary/aromatic N) is 1. The molecule has 1 rings (SSSR count). The minimum Gasteiger partial charge on any atom is -0.466 e. The smallest absolute Gasteiger partial charge is 0.310 e. The van der Waals surface area contributed by atoms with Gasteiger partial charge in [0.1, 0.15) is 5.15 Å². The Kier molecular flexibility index (Phi) is 5.51. The van der Waals surface area contributed by atoms with Gasteiger partial charge in [0, 0.05) is 11.8 Å². The number of ether oxygens (including phenoxy) is 1. The zero-order chi connectivity index (χ0) is 13.0. The Morgan fingerprint density at radius 2 is 2.29 bits per heavy atom. The van der Waals surface area contributed by atoms with Crippen LogP contribution in [0.4, 0.5) is 8.78 Å². The van der Waals surface area contributed by atoms with Crippen molar-refractivity contribution in [2.75, 3.05) is 6.61 Å². The number of pyridine rings is 1. The van der Waals surface area contributed by atoms with Crippen molar-refractivity contribution in [3.8, 4) is 0 Å². The van der Waals surface area contributed by atoms with Crippen LogP contribution in [0.1, 0.15) is 24.5 Å². The van der Waals surface area contributed by atoms with Crippen LogP contribution >= 0.6 is 34.2 Å². The summed E-state index contributed by atoms with van der Waals surface area (Å²) in [7, 11) is 0. The predicted molar refractivity (Wildman–Crippen MR) is 67.3 cm³/mol. The van der Waals surface area contributed by atoms with Crippen LogP contribution in [0.2, 0.25) is 5.15 Å². The number of hydrogen-bond donors (Lipinski definition) is 0. The third-order valence-electron chi connectivity index (χ3n) is 1.97. The topological polar surface area (TPSA) is 39.2 Å². The van der Waals surface area contributed by atoms with E-state index in [1.807, 2.05) is 0 Å². The Hall–Kier alpha value is -0.500. The molecule has 7 heteroatoms. The zero-order valence-electron chi connectivity index (χ0n) is 8.84. The van der Waals surface area contributed by atoms with Crippen molar-refractivity contribution < 1.29 is 18.3 Å². The first kappa shape index (κ1) is 14.6. The number of rotatable bonds is 4. The van der Waals surface area contributed by atoms with Gasteiger partial charge in [-0.1, -0.05) is 11.6 Å². The van der Waals surface area contributed by atoms with E-state index in [1.165, 1.54) is 0 Å². The Morgan fingerprint density at radius 3 is 2.82 bits per heavy atom. The molecule has 0 aromatic carbocycles. The third kappa shape index (κ3) is 3.74. The highest BCUT2D eigenvalue weighted by molar-refractivity contribution is 14.1. The van der Waals surface area contributed by atoms with Gasteiger partial charge in [0.2, 0.25) is 0 Å². The van der Waals surface area contributed by atoms with Crippen LogP contribution in [0.5, 0.6) is 0 Å². The fourth-order valence-electron chi connectivity index (χ4n) is 1.24. The second-order valence-electron chi connectivity index (χ2n) is 3.08. The van der Waals surface area contributed by atoms with Crippen LogP contribution in [0.25, 0.3) is 0 Å². The molecule has 0 radical (unpaired) electrons. The summed E-state index contributed by atoms with van der Waals surface area (Å²) < 4.78 is 30.6. The molecule has 0 bridgehead atoms. The molecule has 0 spiro atoms. The third-order valence-corrected chi connectivity index (χ3v) is 3.74. The van der Waals surface area contributed by atoms with Gasteiger partial charge in [-0.3, -0.25) is 4.79 Å². The summed E-state index contributed by atoms with van der Waals surface area (Å²) in [6.07, 6.45) is -1.93. The first-order chi connectivity index (χ1) is 7.97. The second-order valence-corrected chi connectivity index (χ2v) is 4.52. The lowest BCUT2D eigenvalue weighted by Crippen LogP contribution is -2.11. The maximum Gasteiger partial charge on any atom is 0.310 e. The van der Waals surface area contributed by atoms with Crippen LogP contribution in [0, 0.1) is 3.57 Å². The van der Waals surface area contributed by atoms with Crippen molar-refractivity contribution in [2.24, 2.45) is 0 Å². The van der Waals surface area contributed by atoms with Crippen molar-refractivity contribution in [3.63, 3.8) is 0 Å². The molecule has 0 N–H and O–H groups in total. The Labute approximate surface area is 116 Å². The highest BCUT2D eigenvalue weighted by Gasteiger charge is 2.21. The molecule has 94 valence electrons. The van der Waals surface area contributed by atoms with Gasteiger partial charge >= 0.3 is 5.97 Å². The summed E-state index contributed by atoms with van der Waals surface area (Å²) in [4.78, 5) is 15.0. The minimum atomic E-state index is -2.70. The van der Waals surface area contributed by atoms with Gasteiger partial charge in [-0.25, -0.2) is 13.8 Å². The average molecular weight is 376 g/mol. The second kappa shape index (κ2) is 6.44. The van der Waals surface area contributed by atoms with E-state index in [2.05, 4.69) is 4.98 Å². The molecule has 0 unspecified atom stereocenters. The largest absolute Gasteiger partial charge is 0.466 e. The number of aromatic nitrogens is 1. The maximum absolute atomic E-state index is 12.7. The molecule has 0 saturated carbocycles. The van der Waals surface area contributed by atoms with E-state index < -0.39 is 12.4 Å². The van der Waals surface area contributed by atoms with E-state index in [0.717, 1.165) is 6.20 Å². The quantitative estimate of drug-likeness (QED) is 0.460. The molecule has 3 nitrogen and oxygen atoms in total. The molecule has 0 atom stereocenters. The molecular formula is C10H9ClF2INO2. The summed E-state index contributed by atoms with van der Waals surface area (Å²) in [5.74, 6) is -0.561. The fraction of sp³-hybridized carbons (Fsp3) is 0.400. The van der Waals surface area contributed by atoms with Crippen molar-refractivity contribution in [3.05, 3.63) is 26.0 Å². The van der Waals surface area contributed by atoms with Gasteiger partial charge in [0.05, 0.1) is 16.6 Å². The van der Waals surface area contributed by atoms with Gasteiger partial charge in [-0.15, -0.1) is 0 Å². The normalized spacial score (nSPS) is 10.7. The van der Waals surface area contributed by atoms with E-state index in [1.54, 1.807) is 29.5 Å². The van der Waals surface area contributed by atoms with Crippen LogP contribution in [0.3, 0.4) is 0 Å². The molecule has 0 amide bonds. The first-order valence-electron chi connectivity index (χ1n) is 4.73. The Morgan fingerprint density at radius 1 is 1.65 bits per heavy atom. The molecule has 0 saturated heterocycles. The first-order valence-corrected chi connectivity index (χ1v) is 6.19. The number of esters is 1. The van der Waals surface area contributed by atoms with E-state index in [-0.39, 0.29) is 29.3 Å². The molecule has 0 aliphatic heterocycles. The van der Waals surface area contributed by atoms with Gasteiger partial charge in [-0.05, 0) is 35.1 Å². The maximum atomic E-state index is 12.7. The standard InChI is InChI=1S/C10H9ClF2INO2/c1-2-17-7(16)3-5-6(10(12)13)4-15-9(11)8(5)14/h4,10H,2-3H2,1H3. The Balaban J connectivity index is 3.10. The predicted octanol–water partition coefficient (Wildman–Crippen LogP) is 3.38. The average Bonchev–Trinajstić information content (AvgIpc) is 2.25. The van der Waals surface area contributed by atoms with E-state index in [0.29, 0.717) is 3.57 Å². The molecule has 1 heterocycles. The van der Waals surface area contributed by atoms with E-state index in [4.69, 9.17) is 16.3 Å². The van der Waals surface area contributed by atoms with Gasteiger partial charge < -0.3 is 4.74 Å². The molecule has 0 fully saturated rings. The van der Waals surface area contributed by atoms with Crippen LogP contribution in [-0.2, 0) is 16.0 Å². The highest BCUT2D eigenvalue weighted by atomic mass is 127. The minimum absolute atomic E-state index is 0.106. The summed E-state index contributed by atoms with van der Waals surface area (Å²) in [5.41, 5.74) is -0.106. The molecule has 0 aliphatic carbocycles. The van der Waals surface area contributed by atoms with Crippen LogP contribution in [0.15, 0.2) is 6.20 Å². The number of hydrogen-bond acceptors (Lipinski definition) is 3. The van der Waals surface area contributed by atoms with Crippen LogP contribution < -0.4 is 0 Å². The number of alkyl halides is 2. The lowest BCUT2D eigenvalue weighted by Gasteiger charge is -2.11. The molecule has 0 aliphatic rings. The monoisotopic (exact) mass is 375 g/mol. The Bertz CT molecular complexity index is 429. The molecular weight excluding hydrogens is 366 g/mol. The summed E-state index contributed by atoms with van der Waals surface area (Å²) >= 11 is 7.53. The van der Waals surface area contributed by atoms with Crippen LogP contribution in [-0.4, -0.2) is 17.6 Å². The number of halogens is 4. The summed E-state index contributed by atoms with van der Waals surface area (Å²) in [6, 6.07) is 0. The van der Waals surface area contributed by atoms with Gasteiger partial charge in [-0.2, -0.15) is 0 Å². The fourth-order valence-corrected chi connectivity index (χ4v) is 2.04. The molecule has 1 aromatic rings. The zero-order valence-corrected chi connectivity index (χ0v) is 11.8. The van der Waals surface area contributed by atoms with Crippen molar-refractivity contribution in [1.82, 2.24) is 4.98 Å². The van der Waals surface area contributed by atoms with Crippen molar-refractivity contribution in [1.29, 1.82) is 0 Å². The molecule has 17 heavy (non-hydrogen) atoms.